The van der Waals surface area contributed by atoms with Crippen molar-refractivity contribution in [3.8, 4) is 0 Å². The summed E-state index contributed by atoms with van der Waals surface area (Å²) in [6.45, 7) is 4.13. The monoisotopic (exact) mass is 170 g/mol. The van der Waals surface area contributed by atoms with Crippen molar-refractivity contribution in [2.45, 2.75) is 32.7 Å². The number of hydrogen-bond acceptors (Lipinski definition) is 3. The normalized spacial score (nSPS) is 13.4. The van der Waals surface area contributed by atoms with E-state index in [-0.39, 0.29) is 0 Å². The Balaban J connectivity index is 2.50. The first kappa shape index (κ1) is 8.68. The minimum absolute atomic E-state index is 0.301. The summed E-state index contributed by atoms with van der Waals surface area (Å²) in [7, 11) is 0. The number of aromatic nitrogens is 1. The zero-order chi connectivity index (χ0) is 8.27. The Hall–Kier alpha value is -0.410. The van der Waals surface area contributed by atoms with Crippen LogP contribution in [-0.4, -0.2) is 11.0 Å². The van der Waals surface area contributed by atoms with Crippen LogP contribution in [0.5, 0.6) is 0 Å². The third-order valence-corrected chi connectivity index (χ3v) is 2.59. The molecule has 0 saturated heterocycles. The van der Waals surface area contributed by atoms with Crippen molar-refractivity contribution in [2.75, 3.05) is 0 Å². The molecule has 62 valence electrons. The van der Waals surface area contributed by atoms with Gasteiger partial charge in [-0.05, 0) is 19.8 Å². The lowest BCUT2D eigenvalue weighted by molar-refractivity contribution is 0.651. The highest BCUT2D eigenvalue weighted by Crippen LogP contribution is 2.13. The predicted molar refractivity (Wildman–Crippen MR) is 48.8 cm³/mol. The standard InChI is InChI=1S/C8H14N2S/c1-3-7(9)4-8-5-10-6(2)11-8/h5,7H,3-4,9H2,1-2H3. The average Bonchev–Trinajstić information content (AvgIpc) is 2.35. The van der Waals surface area contributed by atoms with Crippen molar-refractivity contribution in [3.05, 3.63) is 16.1 Å². The van der Waals surface area contributed by atoms with Gasteiger partial charge in [-0.15, -0.1) is 11.3 Å². The van der Waals surface area contributed by atoms with Crippen molar-refractivity contribution in [1.29, 1.82) is 0 Å². The molecule has 1 atom stereocenters. The molecule has 2 nitrogen and oxygen atoms in total. The van der Waals surface area contributed by atoms with Crippen molar-refractivity contribution in [2.24, 2.45) is 5.73 Å². The molecule has 0 spiro atoms. The first-order valence-corrected chi connectivity index (χ1v) is 4.71. The fourth-order valence-electron chi connectivity index (χ4n) is 0.902. The molecule has 1 aromatic rings. The quantitative estimate of drug-likeness (QED) is 0.750. The SMILES string of the molecule is CCC(N)Cc1cnc(C)s1. The van der Waals surface area contributed by atoms with Crippen LogP contribution in [0.4, 0.5) is 0 Å². The molecule has 3 heteroatoms. The van der Waals surface area contributed by atoms with E-state index in [1.54, 1.807) is 11.3 Å². The largest absolute Gasteiger partial charge is 0.327 e. The number of rotatable bonds is 3. The van der Waals surface area contributed by atoms with Crippen LogP contribution in [0.25, 0.3) is 0 Å². The Labute approximate surface area is 71.5 Å². The zero-order valence-electron chi connectivity index (χ0n) is 7.00. The molecule has 1 heterocycles. The number of nitrogens with two attached hydrogens (primary N) is 1. The summed E-state index contributed by atoms with van der Waals surface area (Å²) in [6, 6.07) is 0.301. The van der Waals surface area contributed by atoms with Crippen LogP contribution in [0.2, 0.25) is 0 Å². The van der Waals surface area contributed by atoms with Gasteiger partial charge in [0.1, 0.15) is 0 Å². The smallest absolute Gasteiger partial charge is 0.0896 e. The lowest BCUT2D eigenvalue weighted by Crippen LogP contribution is -2.20. The van der Waals surface area contributed by atoms with E-state index in [1.807, 2.05) is 13.1 Å². The molecule has 1 aromatic heterocycles. The third kappa shape index (κ3) is 2.60. The number of thiazole rings is 1. The Morgan fingerprint density at radius 2 is 2.45 bits per heavy atom. The summed E-state index contributed by atoms with van der Waals surface area (Å²) in [5.74, 6) is 0. The topological polar surface area (TPSA) is 38.9 Å². The van der Waals surface area contributed by atoms with Gasteiger partial charge in [0.15, 0.2) is 0 Å². The van der Waals surface area contributed by atoms with Crippen LogP contribution in [0, 0.1) is 6.92 Å². The van der Waals surface area contributed by atoms with E-state index < -0.39 is 0 Å². The highest BCUT2D eigenvalue weighted by molar-refractivity contribution is 7.11. The fraction of sp³-hybridized carbons (Fsp3) is 0.625. The molecule has 11 heavy (non-hydrogen) atoms. The van der Waals surface area contributed by atoms with Crippen LogP contribution in [0.15, 0.2) is 6.20 Å². The Kier molecular flexibility index (Phi) is 3.02. The average molecular weight is 170 g/mol. The fourth-order valence-corrected chi connectivity index (χ4v) is 1.79. The molecule has 0 bridgehead atoms. The van der Waals surface area contributed by atoms with Gasteiger partial charge in [0, 0.05) is 17.1 Å². The second-order valence-electron chi connectivity index (χ2n) is 2.72. The summed E-state index contributed by atoms with van der Waals surface area (Å²) < 4.78 is 0. The number of nitrogens with zero attached hydrogens (tertiary/aromatic N) is 1. The lowest BCUT2D eigenvalue weighted by atomic mass is 10.1. The van der Waals surface area contributed by atoms with E-state index in [1.165, 1.54) is 4.88 Å². The molecule has 1 unspecified atom stereocenters. The summed E-state index contributed by atoms with van der Waals surface area (Å²) in [5, 5.41) is 1.13. The summed E-state index contributed by atoms with van der Waals surface area (Å²) >= 11 is 1.74. The first-order chi connectivity index (χ1) is 5.22. The molecule has 0 aliphatic heterocycles. The van der Waals surface area contributed by atoms with E-state index in [4.69, 9.17) is 5.73 Å². The maximum atomic E-state index is 5.79. The molecule has 0 aromatic carbocycles. The summed E-state index contributed by atoms with van der Waals surface area (Å²) in [5.41, 5.74) is 5.79. The van der Waals surface area contributed by atoms with E-state index in [0.29, 0.717) is 6.04 Å². The third-order valence-electron chi connectivity index (χ3n) is 1.66. The number of aryl methyl sites for hydroxylation is 1. The Morgan fingerprint density at radius 1 is 1.73 bits per heavy atom. The van der Waals surface area contributed by atoms with Crippen molar-refractivity contribution in [1.82, 2.24) is 4.98 Å². The van der Waals surface area contributed by atoms with Crippen LogP contribution < -0.4 is 5.73 Å². The van der Waals surface area contributed by atoms with E-state index in [9.17, 15) is 0 Å². The van der Waals surface area contributed by atoms with Crippen LogP contribution in [0.3, 0.4) is 0 Å². The molecule has 0 aliphatic carbocycles. The van der Waals surface area contributed by atoms with E-state index in [0.717, 1.165) is 17.8 Å². The van der Waals surface area contributed by atoms with Crippen LogP contribution in [0.1, 0.15) is 23.2 Å². The van der Waals surface area contributed by atoms with Gasteiger partial charge in [-0.25, -0.2) is 4.98 Å². The first-order valence-electron chi connectivity index (χ1n) is 3.89. The van der Waals surface area contributed by atoms with Crippen molar-refractivity contribution >= 4 is 11.3 Å². The molecule has 1 rings (SSSR count). The van der Waals surface area contributed by atoms with Gasteiger partial charge >= 0.3 is 0 Å². The highest BCUT2D eigenvalue weighted by Gasteiger charge is 2.03. The Morgan fingerprint density at radius 3 is 2.91 bits per heavy atom. The van der Waals surface area contributed by atoms with Gasteiger partial charge < -0.3 is 5.73 Å². The Bertz CT molecular complexity index is 220. The second-order valence-corrected chi connectivity index (χ2v) is 4.04. The lowest BCUT2D eigenvalue weighted by Gasteiger charge is -2.04. The molecular weight excluding hydrogens is 156 g/mol. The second kappa shape index (κ2) is 3.83. The predicted octanol–water partition coefficient (Wildman–Crippen LogP) is 1.73. The van der Waals surface area contributed by atoms with Crippen molar-refractivity contribution < 1.29 is 0 Å². The molecule has 2 N–H and O–H groups in total. The van der Waals surface area contributed by atoms with Gasteiger partial charge in [-0.1, -0.05) is 6.92 Å². The van der Waals surface area contributed by atoms with Gasteiger partial charge in [0.2, 0.25) is 0 Å². The van der Waals surface area contributed by atoms with Crippen LogP contribution in [-0.2, 0) is 6.42 Å². The minimum Gasteiger partial charge on any atom is -0.327 e. The zero-order valence-corrected chi connectivity index (χ0v) is 7.82. The van der Waals surface area contributed by atoms with Gasteiger partial charge in [-0.3, -0.25) is 0 Å². The molecule has 0 saturated carbocycles. The van der Waals surface area contributed by atoms with E-state index >= 15 is 0 Å². The van der Waals surface area contributed by atoms with Gasteiger partial charge in [-0.2, -0.15) is 0 Å². The van der Waals surface area contributed by atoms with E-state index in [2.05, 4.69) is 11.9 Å². The molecule has 0 amide bonds. The maximum Gasteiger partial charge on any atom is 0.0896 e. The molecule has 0 fully saturated rings. The van der Waals surface area contributed by atoms with Crippen molar-refractivity contribution in [3.63, 3.8) is 0 Å². The summed E-state index contributed by atoms with van der Waals surface area (Å²) in [4.78, 5) is 5.47. The molecule has 0 aliphatic rings. The molecular formula is C8H14N2S. The highest BCUT2D eigenvalue weighted by atomic mass is 32.1. The maximum absolute atomic E-state index is 5.79. The summed E-state index contributed by atoms with van der Waals surface area (Å²) in [6.07, 6.45) is 3.94. The minimum atomic E-state index is 0.301. The van der Waals surface area contributed by atoms with Gasteiger partial charge in [0.25, 0.3) is 0 Å². The van der Waals surface area contributed by atoms with Crippen LogP contribution >= 0.6 is 11.3 Å². The molecule has 0 radical (unpaired) electrons. The number of hydrogen-bond donors (Lipinski definition) is 1. The van der Waals surface area contributed by atoms with Gasteiger partial charge in [0.05, 0.1) is 5.01 Å².